The Balaban J connectivity index is 1.86. The molecule has 96 valence electrons. The Morgan fingerprint density at radius 1 is 1.50 bits per heavy atom. The third kappa shape index (κ3) is 3.00. The summed E-state index contributed by atoms with van der Waals surface area (Å²) in [7, 11) is 0. The summed E-state index contributed by atoms with van der Waals surface area (Å²) in [6.45, 7) is 3.45. The van der Waals surface area contributed by atoms with E-state index in [4.69, 9.17) is 9.52 Å². The lowest BCUT2D eigenvalue weighted by atomic mass is 10.2. The van der Waals surface area contributed by atoms with Crippen LogP contribution in [0.15, 0.2) is 28.2 Å². The van der Waals surface area contributed by atoms with Gasteiger partial charge < -0.3 is 14.8 Å². The minimum Gasteiger partial charge on any atom is -0.478 e. The summed E-state index contributed by atoms with van der Waals surface area (Å²) in [6, 6.07) is 3.68. The van der Waals surface area contributed by atoms with E-state index < -0.39 is 5.97 Å². The van der Waals surface area contributed by atoms with E-state index in [9.17, 15) is 4.79 Å². The maximum atomic E-state index is 10.7. The van der Waals surface area contributed by atoms with Gasteiger partial charge in [-0.25, -0.2) is 4.79 Å². The molecule has 0 aliphatic rings. The number of carbonyl (C=O) groups is 1. The van der Waals surface area contributed by atoms with E-state index in [1.165, 1.54) is 16.7 Å². The predicted octanol–water partition coefficient (Wildman–Crippen LogP) is 2.89. The molecular weight excluding hydrogens is 250 g/mol. The smallest absolute Gasteiger partial charge is 0.338 e. The molecule has 0 fully saturated rings. The molecule has 18 heavy (non-hydrogen) atoms. The van der Waals surface area contributed by atoms with Gasteiger partial charge in [0.25, 0.3) is 0 Å². The molecule has 2 rings (SSSR count). The van der Waals surface area contributed by atoms with Gasteiger partial charge in [-0.1, -0.05) is 6.92 Å². The van der Waals surface area contributed by atoms with Gasteiger partial charge in [-0.05, 0) is 29.5 Å². The summed E-state index contributed by atoms with van der Waals surface area (Å²) in [4.78, 5) is 12.0. The zero-order valence-corrected chi connectivity index (χ0v) is 10.9. The van der Waals surface area contributed by atoms with Crippen LogP contribution in [0.1, 0.15) is 33.5 Å². The zero-order chi connectivity index (χ0) is 13.0. The summed E-state index contributed by atoms with van der Waals surface area (Å²) in [5, 5.41) is 14.1. The SMILES string of the molecule is CCc1ccsc1CNCc1cc(C(=O)O)co1. The highest BCUT2D eigenvalue weighted by Gasteiger charge is 2.08. The molecule has 2 aromatic rings. The quantitative estimate of drug-likeness (QED) is 0.843. The zero-order valence-electron chi connectivity index (χ0n) is 10.1. The van der Waals surface area contributed by atoms with Crippen molar-refractivity contribution in [2.45, 2.75) is 26.4 Å². The van der Waals surface area contributed by atoms with Gasteiger partial charge in [-0.3, -0.25) is 0 Å². The van der Waals surface area contributed by atoms with Gasteiger partial charge in [0.1, 0.15) is 12.0 Å². The Bertz CT molecular complexity index is 530. The summed E-state index contributed by atoms with van der Waals surface area (Å²) >= 11 is 1.73. The Morgan fingerprint density at radius 3 is 3.00 bits per heavy atom. The summed E-state index contributed by atoms with van der Waals surface area (Å²) < 4.78 is 5.16. The average Bonchev–Trinajstić information content (AvgIpc) is 2.97. The van der Waals surface area contributed by atoms with E-state index in [0.29, 0.717) is 12.3 Å². The number of thiophene rings is 1. The molecule has 0 aliphatic heterocycles. The van der Waals surface area contributed by atoms with Crippen LogP contribution >= 0.6 is 11.3 Å². The highest BCUT2D eigenvalue weighted by molar-refractivity contribution is 7.10. The molecule has 0 aliphatic carbocycles. The molecule has 0 unspecified atom stereocenters. The largest absolute Gasteiger partial charge is 0.478 e. The van der Waals surface area contributed by atoms with Crippen LogP contribution in [0, 0.1) is 0 Å². The van der Waals surface area contributed by atoms with Crippen LogP contribution in [-0.2, 0) is 19.5 Å². The van der Waals surface area contributed by atoms with Gasteiger partial charge in [0.15, 0.2) is 0 Å². The van der Waals surface area contributed by atoms with Crippen molar-refractivity contribution < 1.29 is 14.3 Å². The third-order valence-corrected chi connectivity index (χ3v) is 3.67. The van der Waals surface area contributed by atoms with Crippen molar-refractivity contribution in [3.8, 4) is 0 Å². The summed E-state index contributed by atoms with van der Waals surface area (Å²) in [5.74, 6) is -0.321. The predicted molar refractivity (Wildman–Crippen MR) is 69.9 cm³/mol. The number of carboxylic acids is 1. The molecule has 0 saturated heterocycles. The van der Waals surface area contributed by atoms with Crippen LogP contribution in [0.25, 0.3) is 0 Å². The second-order valence-electron chi connectivity index (χ2n) is 3.93. The number of hydrogen-bond donors (Lipinski definition) is 2. The van der Waals surface area contributed by atoms with Crippen molar-refractivity contribution in [3.63, 3.8) is 0 Å². The number of rotatable bonds is 6. The minimum absolute atomic E-state index is 0.192. The first kappa shape index (κ1) is 12.9. The van der Waals surface area contributed by atoms with Crippen LogP contribution < -0.4 is 5.32 Å². The van der Waals surface area contributed by atoms with Gasteiger partial charge in [-0.15, -0.1) is 11.3 Å². The molecule has 0 aromatic carbocycles. The molecule has 2 aromatic heterocycles. The molecule has 0 spiro atoms. The molecule has 0 radical (unpaired) electrons. The second-order valence-corrected chi connectivity index (χ2v) is 4.93. The fraction of sp³-hybridized carbons (Fsp3) is 0.308. The van der Waals surface area contributed by atoms with Crippen molar-refractivity contribution >= 4 is 17.3 Å². The number of carboxylic acid groups (broad SMARTS) is 1. The van der Waals surface area contributed by atoms with Crippen molar-refractivity contribution in [3.05, 3.63) is 45.5 Å². The van der Waals surface area contributed by atoms with Crippen LogP contribution in [-0.4, -0.2) is 11.1 Å². The fourth-order valence-electron chi connectivity index (χ4n) is 1.72. The van der Waals surface area contributed by atoms with Crippen LogP contribution in [0.2, 0.25) is 0 Å². The number of furan rings is 1. The second kappa shape index (κ2) is 5.84. The Hall–Kier alpha value is -1.59. The Labute approximate surface area is 109 Å². The van der Waals surface area contributed by atoms with E-state index in [0.717, 1.165) is 13.0 Å². The van der Waals surface area contributed by atoms with E-state index in [2.05, 4.69) is 23.7 Å². The standard InChI is InChI=1S/C13H15NO3S/c1-2-9-3-4-18-12(9)7-14-6-11-5-10(8-17-11)13(15)16/h3-5,8,14H,2,6-7H2,1H3,(H,15,16). The number of aryl methyl sites for hydroxylation is 1. The van der Waals surface area contributed by atoms with Crippen LogP contribution in [0.3, 0.4) is 0 Å². The van der Waals surface area contributed by atoms with Crippen LogP contribution in [0.4, 0.5) is 0 Å². The van der Waals surface area contributed by atoms with Crippen LogP contribution in [0.5, 0.6) is 0 Å². The third-order valence-electron chi connectivity index (χ3n) is 2.70. The maximum absolute atomic E-state index is 10.7. The number of hydrogen-bond acceptors (Lipinski definition) is 4. The number of aromatic carboxylic acids is 1. The first-order valence-electron chi connectivity index (χ1n) is 5.77. The highest BCUT2D eigenvalue weighted by atomic mass is 32.1. The molecule has 5 heteroatoms. The highest BCUT2D eigenvalue weighted by Crippen LogP contribution is 2.17. The first-order valence-corrected chi connectivity index (χ1v) is 6.65. The van der Waals surface area contributed by atoms with E-state index in [1.54, 1.807) is 17.4 Å². The van der Waals surface area contributed by atoms with Crippen molar-refractivity contribution in [2.75, 3.05) is 0 Å². The van der Waals surface area contributed by atoms with Gasteiger partial charge >= 0.3 is 5.97 Å². The molecule has 0 amide bonds. The lowest BCUT2D eigenvalue weighted by molar-refractivity contribution is 0.0696. The molecule has 4 nitrogen and oxygen atoms in total. The Kier molecular flexibility index (Phi) is 4.17. The summed E-state index contributed by atoms with van der Waals surface area (Å²) in [6.07, 6.45) is 2.30. The van der Waals surface area contributed by atoms with E-state index >= 15 is 0 Å². The van der Waals surface area contributed by atoms with E-state index in [1.807, 2.05) is 0 Å². The lowest BCUT2D eigenvalue weighted by Gasteiger charge is -2.02. The van der Waals surface area contributed by atoms with Crippen molar-refractivity contribution in [1.29, 1.82) is 0 Å². The van der Waals surface area contributed by atoms with Gasteiger partial charge in [0.05, 0.1) is 12.1 Å². The lowest BCUT2D eigenvalue weighted by Crippen LogP contribution is -2.12. The average molecular weight is 265 g/mol. The van der Waals surface area contributed by atoms with E-state index in [-0.39, 0.29) is 5.56 Å². The maximum Gasteiger partial charge on any atom is 0.338 e. The Morgan fingerprint density at radius 2 is 2.33 bits per heavy atom. The molecule has 0 saturated carbocycles. The minimum atomic E-state index is -0.962. The van der Waals surface area contributed by atoms with Crippen molar-refractivity contribution in [1.82, 2.24) is 5.32 Å². The summed E-state index contributed by atoms with van der Waals surface area (Å²) in [5.41, 5.74) is 1.55. The molecule has 0 atom stereocenters. The molecular formula is C13H15NO3S. The van der Waals surface area contributed by atoms with Crippen molar-refractivity contribution in [2.24, 2.45) is 0 Å². The normalized spacial score (nSPS) is 10.7. The monoisotopic (exact) mass is 265 g/mol. The fourth-order valence-corrected chi connectivity index (χ4v) is 2.67. The van der Waals surface area contributed by atoms with Gasteiger partial charge in [0, 0.05) is 11.4 Å². The van der Waals surface area contributed by atoms with Gasteiger partial charge in [-0.2, -0.15) is 0 Å². The number of nitrogens with one attached hydrogen (secondary N) is 1. The molecule has 2 N–H and O–H groups in total. The molecule has 0 bridgehead atoms. The molecule has 2 heterocycles. The van der Waals surface area contributed by atoms with Gasteiger partial charge in [0.2, 0.25) is 0 Å². The first-order chi connectivity index (χ1) is 8.70. The topological polar surface area (TPSA) is 62.5 Å².